The van der Waals surface area contributed by atoms with Gasteiger partial charge in [-0.25, -0.2) is 0 Å². The molecule has 0 bridgehead atoms. The summed E-state index contributed by atoms with van der Waals surface area (Å²) in [5.41, 5.74) is 1.97. The molecule has 0 fully saturated rings. The smallest absolute Gasteiger partial charge is 0.256 e. The molecule has 21 heavy (non-hydrogen) atoms. The van der Waals surface area contributed by atoms with E-state index in [1.807, 2.05) is 13.8 Å². The summed E-state index contributed by atoms with van der Waals surface area (Å²) in [4.78, 5) is 25.2. The molecule has 0 radical (unpaired) electrons. The van der Waals surface area contributed by atoms with E-state index >= 15 is 0 Å². The molecule has 0 spiro atoms. The highest BCUT2D eigenvalue weighted by atomic mass is 79.9. The first-order valence-corrected chi connectivity index (χ1v) is 7.94. The van der Waals surface area contributed by atoms with Gasteiger partial charge in [-0.3, -0.25) is 9.59 Å². The molecule has 1 heterocycles. The maximum absolute atomic E-state index is 12.3. The predicted molar refractivity (Wildman–Crippen MR) is 89.3 cm³/mol. The number of thiophene rings is 1. The Morgan fingerprint density at radius 3 is 2.29 bits per heavy atom. The van der Waals surface area contributed by atoms with Crippen molar-refractivity contribution in [3.05, 3.63) is 50.3 Å². The molecule has 0 saturated heterocycles. The molecule has 0 aliphatic rings. The van der Waals surface area contributed by atoms with E-state index in [2.05, 4.69) is 26.6 Å². The van der Waals surface area contributed by atoms with Crippen LogP contribution >= 0.6 is 27.3 Å². The summed E-state index contributed by atoms with van der Waals surface area (Å²) in [7, 11) is 1.58. The lowest BCUT2D eigenvalue weighted by Crippen LogP contribution is -2.21. The fraction of sp³-hybridized carbons (Fsp3) is 0.200. The summed E-state index contributed by atoms with van der Waals surface area (Å²) in [6.07, 6.45) is 0. The molecular weight excluding hydrogens is 352 g/mol. The van der Waals surface area contributed by atoms with Crippen LogP contribution in [0.4, 0.5) is 5.00 Å². The summed E-state index contributed by atoms with van der Waals surface area (Å²) in [6.45, 7) is 3.81. The minimum Gasteiger partial charge on any atom is -0.355 e. The van der Waals surface area contributed by atoms with Gasteiger partial charge in [0.05, 0.1) is 5.56 Å². The fourth-order valence-electron chi connectivity index (χ4n) is 1.89. The molecule has 0 aliphatic heterocycles. The zero-order valence-electron chi connectivity index (χ0n) is 11.9. The van der Waals surface area contributed by atoms with Crippen LogP contribution in [-0.4, -0.2) is 18.9 Å². The van der Waals surface area contributed by atoms with Crippen LogP contribution in [0, 0.1) is 13.8 Å². The zero-order valence-corrected chi connectivity index (χ0v) is 14.3. The average Bonchev–Trinajstić information content (AvgIpc) is 2.73. The van der Waals surface area contributed by atoms with Crippen molar-refractivity contribution >= 4 is 44.1 Å². The van der Waals surface area contributed by atoms with Gasteiger partial charge >= 0.3 is 0 Å². The number of halogens is 1. The molecule has 2 amide bonds. The van der Waals surface area contributed by atoms with Gasteiger partial charge in [-0.15, -0.1) is 11.3 Å². The van der Waals surface area contributed by atoms with E-state index in [0.29, 0.717) is 16.1 Å². The maximum atomic E-state index is 12.3. The second kappa shape index (κ2) is 6.41. The van der Waals surface area contributed by atoms with Gasteiger partial charge in [-0.05, 0) is 43.7 Å². The Balaban J connectivity index is 2.31. The van der Waals surface area contributed by atoms with Crippen molar-refractivity contribution in [2.24, 2.45) is 0 Å². The van der Waals surface area contributed by atoms with Crippen molar-refractivity contribution in [3.63, 3.8) is 0 Å². The van der Waals surface area contributed by atoms with Gasteiger partial charge in [0.2, 0.25) is 0 Å². The van der Waals surface area contributed by atoms with E-state index in [-0.39, 0.29) is 11.8 Å². The Bertz CT molecular complexity index is 692. The monoisotopic (exact) mass is 366 g/mol. The van der Waals surface area contributed by atoms with Crippen molar-refractivity contribution in [1.29, 1.82) is 0 Å². The van der Waals surface area contributed by atoms with E-state index in [0.717, 1.165) is 14.9 Å². The fourth-order valence-corrected chi connectivity index (χ4v) is 3.21. The van der Waals surface area contributed by atoms with Gasteiger partial charge in [0.25, 0.3) is 11.8 Å². The molecular formula is C15H15BrN2O2S. The highest BCUT2D eigenvalue weighted by molar-refractivity contribution is 9.10. The lowest BCUT2D eigenvalue weighted by Gasteiger charge is -2.06. The van der Waals surface area contributed by atoms with Crippen LogP contribution in [0.2, 0.25) is 0 Å². The summed E-state index contributed by atoms with van der Waals surface area (Å²) in [5, 5.41) is 6.01. The Hall–Kier alpha value is -1.66. The molecule has 0 aliphatic carbocycles. The lowest BCUT2D eigenvalue weighted by atomic mass is 10.1. The van der Waals surface area contributed by atoms with Gasteiger partial charge in [-0.1, -0.05) is 15.9 Å². The Morgan fingerprint density at radius 2 is 1.71 bits per heavy atom. The van der Waals surface area contributed by atoms with E-state index in [4.69, 9.17) is 0 Å². The number of carbonyl (C=O) groups excluding carboxylic acids is 2. The Labute approximate surface area is 135 Å². The molecule has 2 aromatic rings. The molecule has 4 nitrogen and oxygen atoms in total. The third-order valence-corrected chi connectivity index (χ3v) is 4.82. The minimum absolute atomic E-state index is 0.192. The lowest BCUT2D eigenvalue weighted by molar-refractivity contribution is 0.0963. The predicted octanol–water partition coefficient (Wildman–Crippen LogP) is 3.74. The van der Waals surface area contributed by atoms with Gasteiger partial charge in [0.15, 0.2) is 0 Å². The van der Waals surface area contributed by atoms with Crippen LogP contribution in [0.15, 0.2) is 28.7 Å². The average molecular weight is 367 g/mol. The molecule has 6 heteroatoms. The third-order valence-electron chi connectivity index (χ3n) is 3.17. The normalized spacial score (nSPS) is 10.3. The maximum Gasteiger partial charge on any atom is 0.256 e. The van der Waals surface area contributed by atoms with Crippen molar-refractivity contribution in [1.82, 2.24) is 5.32 Å². The standard InChI is InChI=1S/C15H15BrN2O2S/c1-8-9(2)21-15(12(8)14(20)17-3)18-13(19)10-4-6-11(16)7-5-10/h4-7H,1-3H3,(H,17,20)(H,18,19). The molecule has 0 saturated carbocycles. The molecule has 2 rings (SSSR count). The topological polar surface area (TPSA) is 58.2 Å². The van der Waals surface area contributed by atoms with Crippen molar-refractivity contribution in [2.75, 3.05) is 12.4 Å². The van der Waals surface area contributed by atoms with Gasteiger partial charge < -0.3 is 10.6 Å². The minimum atomic E-state index is -0.228. The highest BCUT2D eigenvalue weighted by Crippen LogP contribution is 2.32. The van der Waals surface area contributed by atoms with Crippen LogP contribution in [0.25, 0.3) is 0 Å². The number of carbonyl (C=O) groups is 2. The van der Waals surface area contributed by atoms with Crippen LogP contribution in [0.1, 0.15) is 31.2 Å². The second-order valence-electron chi connectivity index (χ2n) is 4.53. The van der Waals surface area contributed by atoms with Gasteiger partial charge in [0, 0.05) is 22.0 Å². The van der Waals surface area contributed by atoms with E-state index < -0.39 is 0 Å². The molecule has 1 aromatic heterocycles. The first-order chi connectivity index (χ1) is 9.93. The highest BCUT2D eigenvalue weighted by Gasteiger charge is 2.20. The number of hydrogen-bond acceptors (Lipinski definition) is 3. The van der Waals surface area contributed by atoms with Crippen molar-refractivity contribution in [2.45, 2.75) is 13.8 Å². The first-order valence-electron chi connectivity index (χ1n) is 6.33. The second-order valence-corrected chi connectivity index (χ2v) is 6.67. The van der Waals surface area contributed by atoms with Crippen LogP contribution in [0.3, 0.4) is 0 Å². The summed E-state index contributed by atoms with van der Waals surface area (Å²) in [5.74, 6) is -0.420. The van der Waals surface area contributed by atoms with E-state index in [9.17, 15) is 9.59 Å². The SMILES string of the molecule is CNC(=O)c1c(NC(=O)c2ccc(Br)cc2)sc(C)c1C. The van der Waals surface area contributed by atoms with Gasteiger partial charge in [-0.2, -0.15) is 0 Å². The first kappa shape index (κ1) is 15.7. The zero-order chi connectivity index (χ0) is 15.6. The van der Waals surface area contributed by atoms with Crippen LogP contribution in [-0.2, 0) is 0 Å². The van der Waals surface area contributed by atoms with E-state index in [1.165, 1.54) is 11.3 Å². The molecule has 0 atom stereocenters. The summed E-state index contributed by atoms with van der Waals surface area (Å²) >= 11 is 4.74. The number of benzene rings is 1. The Morgan fingerprint density at radius 1 is 1.10 bits per heavy atom. The molecule has 2 N–H and O–H groups in total. The van der Waals surface area contributed by atoms with Crippen LogP contribution < -0.4 is 10.6 Å². The molecule has 110 valence electrons. The number of nitrogens with one attached hydrogen (secondary N) is 2. The van der Waals surface area contributed by atoms with Gasteiger partial charge in [0.1, 0.15) is 5.00 Å². The number of amides is 2. The molecule has 0 unspecified atom stereocenters. The summed E-state index contributed by atoms with van der Waals surface area (Å²) in [6, 6.07) is 7.07. The largest absolute Gasteiger partial charge is 0.355 e. The van der Waals surface area contributed by atoms with E-state index in [1.54, 1.807) is 31.3 Å². The third kappa shape index (κ3) is 3.33. The number of hydrogen-bond donors (Lipinski definition) is 2. The summed E-state index contributed by atoms with van der Waals surface area (Å²) < 4.78 is 0.910. The number of anilines is 1. The van der Waals surface area contributed by atoms with Crippen LogP contribution in [0.5, 0.6) is 0 Å². The van der Waals surface area contributed by atoms with Crippen molar-refractivity contribution in [3.8, 4) is 0 Å². The van der Waals surface area contributed by atoms with Crippen molar-refractivity contribution < 1.29 is 9.59 Å². The number of rotatable bonds is 3. The Kier molecular flexibility index (Phi) is 4.80. The quantitative estimate of drug-likeness (QED) is 0.868. The molecule has 1 aromatic carbocycles. The number of aryl methyl sites for hydroxylation is 1.